The van der Waals surface area contributed by atoms with Crippen LogP contribution in [0.1, 0.15) is 25.2 Å². The standard InChI is InChI=1S/C26H26ClIN4O2/c1-17(2)30-9-8-24-26(28)22-13-20(5-6-23(22)32(24)12-11-30)31-10-7-21(14-25(31)33)34-16-19-4-3-18(27)15-29-19/h3-7,10,13-15,17H,8-9,11-12,16H2,1-2H3. The van der Waals surface area contributed by atoms with Crippen LogP contribution in [0.4, 0.5) is 0 Å². The average molecular weight is 589 g/mol. The van der Waals surface area contributed by atoms with Crippen molar-refractivity contribution in [1.82, 2.24) is 19.0 Å². The molecule has 0 saturated heterocycles. The molecular weight excluding hydrogens is 563 g/mol. The smallest absolute Gasteiger partial charge is 0.258 e. The van der Waals surface area contributed by atoms with Crippen LogP contribution in [0.5, 0.6) is 5.75 Å². The lowest BCUT2D eigenvalue weighted by atomic mass is 10.2. The lowest BCUT2D eigenvalue weighted by Crippen LogP contribution is -2.33. The molecule has 4 heterocycles. The molecule has 6 nitrogen and oxygen atoms in total. The lowest BCUT2D eigenvalue weighted by Gasteiger charge is -2.23. The summed E-state index contributed by atoms with van der Waals surface area (Å²) in [6, 6.07) is 13.7. The molecule has 4 aromatic rings. The second-order valence-electron chi connectivity index (χ2n) is 8.82. The molecule has 0 amide bonds. The first-order chi connectivity index (χ1) is 16.4. The van der Waals surface area contributed by atoms with Gasteiger partial charge in [-0.25, -0.2) is 0 Å². The van der Waals surface area contributed by atoms with E-state index in [0.29, 0.717) is 16.8 Å². The molecule has 1 aliphatic heterocycles. The van der Waals surface area contributed by atoms with Gasteiger partial charge in [-0.2, -0.15) is 0 Å². The minimum absolute atomic E-state index is 0.135. The molecule has 8 heteroatoms. The minimum Gasteiger partial charge on any atom is -0.487 e. The van der Waals surface area contributed by atoms with Crippen LogP contribution in [-0.4, -0.2) is 38.1 Å². The van der Waals surface area contributed by atoms with E-state index in [0.717, 1.165) is 37.4 Å². The van der Waals surface area contributed by atoms with Crippen LogP contribution in [0.3, 0.4) is 0 Å². The Kier molecular flexibility index (Phi) is 6.68. The maximum Gasteiger partial charge on any atom is 0.258 e. The van der Waals surface area contributed by atoms with E-state index in [1.54, 1.807) is 29.1 Å². The summed E-state index contributed by atoms with van der Waals surface area (Å²) < 4.78 is 11.2. The Balaban J connectivity index is 1.40. The number of rotatable bonds is 5. The van der Waals surface area contributed by atoms with Gasteiger partial charge in [0.05, 0.1) is 10.7 Å². The average Bonchev–Trinajstić information content (AvgIpc) is 2.97. The maximum atomic E-state index is 12.9. The van der Waals surface area contributed by atoms with Gasteiger partial charge in [-0.1, -0.05) is 11.6 Å². The van der Waals surface area contributed by atoms with Gasteiger partial charge in [-0.15, -0.1) is 0 Å². The summed E-state index contributed by atoms with van der Waals surface area (Å²) >= 11 is 8.34. The van der Waals surface area contributed by atoms with Crippen molar-refractivity contribution in [2.75, 3.05) is 13.1 Å². The zero-order valence-corrected chi connectivity index (χ0v) is 22.1. The van der Waals surface area contributed by atoms with Crippen molar-refractivity contribution in [3.63, 3.8) is 0 Å². The first kappa shape index (κ1) is 23.4. The minimum atomic E-state index is -0.135. The molecule has 176 valence electrons. The van der Waals surface area contributed by atoms with Gasteiger partial charge in [0.1, 0.15) is 12.4 Å². The third-order valence-electron chi connectivity index (χ3n) is 6.41. The third kappa shape index (κ3) is 4.61. The van der Waals surface area contributed by atoms with Crippen LogP contribution >= 0.6 is 34.2 Å². The molecule has 3 aromatic heterocycles. The first-order valence-corrected chi connectivity index (χ1v) is 12.9. The zero-order chi connectivity index (χ0) is 23.8. The zero-order valence-electron chi connectivity index (χ0n) is 19.2. The van der Waals surface area contributed by atoms with Gasteiger partial charge in [-0.05, 0) is 72.8 Å². The van der Waals surface area contributed by atoms with Crippen LogP contribution in [0, 0.1) is 3.57 Å². The third-order valence-corrected chi connectivity index (χ3v) is 7.84. The summed E-state index contributed by atoms with van der Waals surface area (Å²) in [5.74, 6) is 0.513. The predicted molar refractivity (Wildman–Crippen MR) is 144 cm³/mol. The molecule has 1 aromatic carbocycles. The molecule has 0 aliphatic carbocycles. The van der Waals surface area contributed by atoms with Gasteiger partial charge in [-0.3, -0.25) is 19.2 Å². The van der Waals surface area contributed by atoms with Gasteiger partial charge < -0.3 is 9.30 Å². The van der Waals surface area contributed by atoms with E-state index in [2.05, 4.69) is 63.0 Å². The van der Waals surface area contributed by atoms with Crippen molar-refractivity contribution in [3.05, 3.63) is 85.2 Å². The van der Waals surface area contributed by atoms with Crippen LogP contribution < -0.4 is 10.3 Å². The second-order valence-corrected chi connectivity index (χ2v) is 10.3. The number of hydrogen-bond acceptors (Lipinski definition) is 4. The van der Waals surface area contributed by atoms with Crippen molar-refractivity contribution in [3.8, 4) is 11.4 Å². The fourth-order valence-electron chi connectivity index (χ4n) is 4.52. The van der Waals surface area contributed by atoms with Crippen molar-refractivity contribution in [1.29, 1.82) is 0 Å². The number of fused-ring (bicyclic) bond motifs is 3. The molecule has 5 rings (SSSR count). The fourth-order valence-corrected chi connectivity index (χ4v) is 5.63. The quantitative estimate of drug-likeness (QED) is 0.298. The Labute approximate surface area is 217 Å². The molecular formula is C26H26ClIN4O2. The Morgan fingerprint density at radius 3 is 2.71 bits per heavy atom. The van der Waals surface area contributed by atoms with E-state index in [4.69, 9.17) is 16.3 Å². The summed E-state index contributed by atoms with van der Waals surface area (Å²) in [6.07, 6.45) is 4.38. The maximum absolute atomic E-state index is 12.9. The summed E-state index contributed by atoms with van der Waals surface area (Å²) in [5.41, 5.74) is 4.09. The normalized spacial score (nSPS) is 14.4. The van der Waals surface area contributed by atoms with Crippen LogP contribution in [0.25, 0.3) is 16.6 Å². The van der Waals surface area contributed by atoms with Crippen molar-refractivity contribution < 1.29 is 4.74 Å². The summed E-state index contributed by atoms with van der Waals surface area (Å²) in [6.45, 7) is 7.91. The van der Waals surface area contributed by atoms with Gasteiger partial charge in [0.15, 0.2) is 0 Å². The molecule has 0 bridgehead atoms. The molecule has 34 heavy (non-hydrogen) atoms. The number of ether oxygens (including phenoxy) is 1. The number of pyridine rings is 2. The molecule has 0 fully saturated rings. The number of aromatic nitrogens is 3. The molecule has 0 spiro atoms. The van der Waals surface area contributed by atoms with Gasteiger partial charge in [0, 0.05) is 76.4 Å². The molecule has 0 N–H and O–H groups in total. The Hall–Kier alpha value is -2.36. The van der Waals surface area contributed by atoms with Crippen molar-refractivity contribution in [2.24, 2.45) is 0 Å². The van der Waals surface area contributed by atoms with Gasteiger partial charge >= 0.3 is 0 Å². The molecule has 0 unspecified atom stereocenters. The highest BCUT2D eigenvalue weighted by Gasteiger charge is 2.21. The number of nitrogens with zero attached hydrogens (tertiary/aromatic N) is 4. The Morgan fingerprint density at radius 1 is 1.12 bits per heavy atom. The monoisotopic (exact) mass is 588 g/mol. The highest BCUT2D eigenvalue weighted by molar-refractivity contribution is 14.1. The highest BCUT2D eigenvalue weighted by Crippen LogP contribution is 2.31. The van der Waals surface area contributed by atoms with E-state index in [1.807, 2.05) is 12.1 Å². The number of hydrogen-bond donors (Lipinski definition) is 0. The van der Waals surface area contributed by atoms with Crippen molar-refractivity contribution in [2.45, 2.75) is 39.5 Å². The fraction of sp³-hybridized carbons (Fsp3) is 0.308. The SMILES string of the molecule is CC(C)N1CCc2c(I)c3cc(-n4ccc(OCc5ccc(Cl)cn5)cc4=O)ccc3n2CC1. The van der Waals surface area contributed by atoms with E-state index in [-0.39, 0.29) is 12.2 Å². The summed E-state index contributed by atoms with van der Waals surface area (Å²) in [5, 5.41) is 1.78. The van der Waals surface area contributed by atoms with E-state index in [9.17, 15) is 4.79 Å². The highest BCUT2D eigenvalue weighted by atomic mass is 127. The van der Waals surface area contributed by atoms with Gasteiger partial charge in [0.25, 0.3) is 5.56 Å². The topological polar surface area (TPSA) is 52.3 Å². The molecule has 0 atom stereocenters. The van der Waals surface area contributed by atoms with E-state index >= 15 is 0 Å². The van der Waals surface area contributed by atoms with Crippen LogP contribution in [-0.2, 0) is 19.6 Å². The summed E-state index contributed by atoms with van der Waals surface area (Å²) in [4.78, 5) is 19.7. The van der Waals surface area contributed by atoms with E-state index < -0.39 is 0 Å². The second kappa shape index (κ2) is 9.71. The Bertz CT molecular complexity index is 1390. The largest absolute Gasteiger partial charge is 0.487 e. The van der Waals surface area contributed by atoms with Crippen molar-refractivity contribution >= 4 is 45.1 Å². The van der Waals surface area contributed by atoms with Gasteiger partial charge in [0.2, 0.25) is 0 Å². The first-order valence-electron chi connectivity index (χ1n) is 11.4. The van der Waals surface area contributed by atoms with Crippen LogP contribution in [0.15, 0.2) is 59.7 Å². The van der Waals surface area contributed by atoms with E-state index in [1.165, 1.54) is 26.2 Å². The number of benzene rings is 1. The molecule has 0 radical (unpaired) electrons. The lowest BCUT2D eigenvalue weighted by molar-refractivity contribution is 0.227. The Morgan fingerprint density at radius 2 is 1.97 bits per heavy atom. The van der Waals surface area contributed by atoms with Crippen LogP contribution in [0.2, 0.25) is 5.02 Å². The summed E-state index contributed by atoms with van der Waals surface area (Å²) in [7, 11) is 0. The molecule has 0 saturated carbocycles. The number of halogens is 2. The molecule has 1 aliphatic rings. The predicted octanol–water partition coefficient (Wildman–Crippen LogP) is 5.29.